The largest absolute Gasteiger partial charge is 0.508 e. The topological polar surface area (TPSA) is 32.3 Å². The minimum absolute atomic E-state index is 0.171. The summed E-state index contributed by atoms with van der Waals surface area (Å²) in [5.41, 5.74) is 0.953. The molecule has 82 valence electrons. The van der Waals surface area contributed by atoms with Crippen molar-refractivity contribution in [3.05, 3.63) is 42.5 Å². The zero-order valence-electron chi connectivity index (χ0n) is 9.40. The van der Waals surface area contributed by atoms with E-state index in [0.717, 1.165) is 12.1 Å². The van der Waals surface area contributed by atoms with Crippen molar-refractivity contribution in [3.63, 3.8) is 0 Å². The lowest BCUT2D eigenvalue weighted by molar-refractivity contribution is 0.399. The van der Waals surface area contributed by atoms with Crippen molar-refractivity contribution in [2.45, 2.75) is 19.9 Å². The smallest absolute Gasteiger partial charge is 0.120 e. The summed E-state index contributed by atoms with van der Waals surface area (Å²) in [6, 6.07) is 7.63. The number of hydrogen-bond donors (Lipinski definition) is 2. The first-order valence-corrected chi connectivity index (χ1v) is 5.29. The maximum Gasteiger partial charge on any atom is 0.120 e. The summed E-state index contributed by atoms with van der Waals surface area (Å²) in [6.07, 6.45) is 1.83. The minimum Gasteiger partial charge on any atom is -0.508 e. The Kier molecular flexibility index (Phi) is 4.37. The lowest BCUT2D eigenvalue weighted by Gasteiger charge is -2.23. The Bertz CT molecular complexity index is 320. The Morgan fingerprint density at radius 1 is 1.40 bits per heavy atom. The average Bonchev–Trinajstić information content (AvgIpc) is 2.20. The molecule has 15 heavy (non-hydrogen) atoms. The lowest BCUT2D eigenvalue weighted by Crippen LogP contribution is -2.25. The molecule has 0 aliphatic heterocycles. The summed E-state index contributed by atoms with van der Waals surface area (Å²) >= 11 is 0. The number of aromatic hydroxyl groups is 1. The predicted molar refractivity (Wildman–Crippen MR) is 63.9 cm³/mol. The molecular formula is C13H19NO. The van der Waals surface area contributed by atoms with Crippen molar-refractivity contribution in [2.24, 2.45) is 5.92 Å². The number of benzene rings is 1. The minimum atomic E-state index is 0.171. The first-order valence-electron chi connectivity index (χ1n) is 5.29. The summed E-state index contributed by atoms with van der Waals surface area (Å²) in [4.78, 5) is 0. The molecule has 0 fully saturated rings. The van der Waals surface area contributed by atoms with E-state index in [1.165, 1.54) is 0 Å². The van der Waals surface area contributed by atoms with Gasteiger partial charge in [-0.3, -0.25) is 0 Å². The second kappa shape index (κ2) is 5.56. The fourth-order valence-corrected chi connectivity index (χ4v) is 1.67. The highest BCUT2D eigenvalue weighted by atomic mass is 16.3. The van der Waals surface area contributed by atoms with E-state index in [-0.39, 0.29) is 6.04 Å². The molecule has 0 heterocycles. The van der Waals surface area contributed by atoms with Gasteiger partial charge in [-0.05, 0) is 12.0 Å². The maximum absolute atomic E-state index is 9.76. The van der Waals surface area contributed by atoms with Gasteiger partial charge in [0.05, 0.1) is 0 Å². The predicted octanol–water partition coefficient (Wildman–Crippen LogP) is 2.86. The molecule has 2 nitrogen and oxygen atoms in total. The number of phenolic OH excluding ortho intramolecular Hbond substituents is 1. The van der Waals surface area contributed by atoms with Crippen LogP contribution in [-0.2, 0) is 0 Å². The molecular weight excluding hydrogens is 186 g/mol. The van der Waals surface area contributed by atoms with Crippen LogP contribution in [0.2, 0.25) is 0 Å². The number of nitrogens with one attached hydrogen (secondary N) is 1. The van der Waals surface area contributed by atoms with Crippen LogP contribution in [0.25, 0.3) is 0 Å². The first kappa shape index (κ1) is 11.8. The second-order valence-corrected chi connectivity index (χ2v) is 3.98. The quantitative estimate of drug-likeness (QED) is 0.724. The number of para-hydroxylation sites is 1. The zero-order chi connectivity index (χ0) is 11.3. The van der Waals surface area contributed by atoms with Crippen LogP contribution in [0.4, 0.5) is 0 Å². The molecule has 0 amide bonds. The Hall–Kier alpha value is -1.28. The van der Waals surface area contributed by atoms with Gasteiger partial charge in [-0.2, -0.15) is 0 Å². The standard InChI is InChI=1S/C13H19NO/c1-4-9-14-13(10(2)3)11-7-5-6-8-12(11)15/h4-8,10,13-15H,1,9H2,2-3H3. The highest BCUT2D eigenvalue weighted by Crippen LogP contribution is 2.28. The summed E-state index contributed by atoms with van der Waals surface area (Å²) in [6.45, 7) is 8.69. The van der Waals surface area contributed by atoms with E-state index in [0.29, 0.717) is 11.7 Å². The number of hydrogen-bond acceptors (Lipinski definition) is 2. The first-order chi connectivity index (χ1) is 7.16. The lowest BCUT2D eigenvalue weighted by atomic mass is 9.95. The third-order valence-electron chi connectivity index (χ3n) is 2.42. The van der Waals surface area contributed by atoms with Crippen LogP contribution in [0.3, 0.4) is 0 Å². The molecule has 1 atom stereocenters. The van der Waals surface area contributed by atoms with Gasteiger partial charge in [-0.1, -0.05) is 38.1 Å². The summed E-state index contributed by atoms with van der Waals surface area (Å²) in [5.74, 6) is 0.783. The van der Waals surface area contributed by atoms with Crippen LogP contribution in [0, 0.1) is 5.92 Å². The van der Waals surface area contributed by atoms with Crippen LogP contribution in [0.15, 0.2) is 36.9 Å². The van der Waals surface area contributed by atoms with Crippen molar-refractivity contribution in [1.82, 2.24) is 5.32 Å². The zero-order valence-corrected chi connectivity index (χ0v) is 9.40. The van der Waals surface area contributed by atoms with Gasteiger partial charge in [0.15, 0.2) is 0 Å². The number of phenols is 1. The molecule has 0 radical (unpaired) electrons. The van der Waals surface area contributed by atoms with E-state index in [2.05, 4.69) is 25.7 Å². The molecule has 2 N–H and O–H groups in total. The molecule has 0 saturated heterocycles. The van der Waals surface area contributed by atoms with Crippen LogP contribution >= 0.6 is 0 Å². The van der Waals surface area contributed by atoms with Crippen molar-refractivity contribution in [1.29, 1.82) is 0 Å². The average molecular weight is 205 g/mol. The van der Waals surface area contributed by atoms with E-state index in [9.17, 15) is 5.11 Å². The molecule has 0 aliphatic rings. The summed E-state index contributed by atoms with van der Waals surface area (Å²) < 4.78 is 0. The normalized spacial score (nSPS) is 12.7. The maximum atomic E-state index is 9.76. The van der Waals surface area contributed by atoms with Crippen molar-refractivity contribution in [2.75, 3.05) is 6.54 Å². The van der Waals surface area contributed by atoms with Gasteiger partial charge < -0.3 is 10.4 Å². The van der Waals surface area contributed by atoms with Crippen LogP contribution in [0.1, 0.15) is 25.5 Å². The Balaban J connectivity index is 2.88. The van der Waals surface area contributed by atoms with Gasteiger partial charge in [-0.25, -0.2) is 0 Å². The third kappa shape index (κ3) is 3.10. The van der Waals surface area contributed by atoms with Gasteiger partial charge in [0.2, 0.25) is 0 Å². The molecule has 0 spiro atoms. The fraction of sp³-hybridized carbons (Fsp3) is 0.385. The van der Waals surface area contributed by atoms with Gasteiger partial charge in [0, 0.05) is 18.2 Å². The summed E-state index contributed by atoms with van der Waals surface area (Å²) in [7, 11) is 0. The number of rotatable bonds is 5. The second-order valence-electron chi connectivity index (χ2n) is 3.98. The van der Waals surface area contributed by atoms with E-state index in [4.69, 9.17) is 0 Å². The molecule has 0 bridgehead atoms. The SMILES string of the molecule is C=CCNC(c1ccccc1O)C(C)C. The van der Waals surface area contributed by atoms with E-state index in [1.807, 2.05) is 24.3 Å². The third-order valence-corrected chi connectivity index (χ3v) is 2.42. The van der Waals surface area contributed by atoms with Gasteiger partial charge in [0.1, 0.15) is 5.75 Å². The molecule has 0 aromatic heterocycles. The van der Waals surface area contributed by atoms with Crippen molar-refractivity contribution < 1.29 is 5.11 Å². The van der Waals surface area contributed by atoms with Crippen molar-refractivity contribution >= 4 is 0 Å². The monoisotopic (exact) mass is 205 g/mol. The van der Waals surface area contributed by atoms with E-state index < -0.39 is 0 Å². The van der Waals surface area contributed by atoms with Crippen LogP contribution < -0.4 is 5.32 Å². The molecule has 1 aromatic carbocycles. The highest BCUT2D eigenvalue weighted by Gasteiger charge is 2.17. The van der Waals surface area contributed by atoms with Gasteiger partial charge in [-0.15, -0.1) is 6.58 Å². The summed E-state index contributed by atoms with van der Waals surface area (Å²) in [5, 5.41) is 13.1. The molecule has 1 rings (SSSR count). The van der Waals surface area contributed by atoms with E-state index >= 15 is 0 Å². The van der Waals surface area contributed by atoms with Gasteiger partial charge in [0.25, 0.3) is 0 Å². The molecule has 1 aromatic rings. The van der Waals surface area contributed by atoms with E-state index in [1.54, 1.807) is 6.07 Å². The molecule has 1 unspecified atom stereocenters. The highest BCUT2D eigenvalue weighted by molar-refractivity contribution is 5.34. The Labute approximate surface area is 91.6 Å². The van der Waals surface area contributed by atoms with Crippen molar-refractivity contribution in [3.8, 4) is 5.75 Å². The molecule has 0 aliphatic carbocycles. The van der Waals surface area contributed by atoms with Crippen LogP contribution in [-0.4, -0.2) is 11.7 Å². The van der Waals surface area contributed by atoms with Crippen LogP contribution in [0.5, 0.6) is 5.75 Å². The molecule has 0 saturated carbocycles. The molecule has 2 heteroatoms. The fourth-order valence-electron chi connectivity index (χ4n) is 1.67. The Morgan fingerprint density at radius 3 is 2.60 bits per heavy atom. The van der Waals surface area contributed by atoms with Gasteiger partial charge >= 0.3 is 0 Å². The Morgan fingerprint density at radius 2 is 2.07 bits per heavy atom.